The second-order valence-electron chi connectivity index (χ2n) is 4.20. The number of carboxylic acids is 1. The molecule has 1 aliphatic rings. The predicted octanol–water partition coefficient (Wildman–Crippen LogP) is 3.11. The van der Waals surface area contributed by atoms with Crippen LogP contribution in [0.2, 0.25) is 0 Å². The van der Waals surface area contributed by atoms with Crippen molar-refractivity contribution < 1.29 is 14.6 Å². The summed E-state index contributed by atoms with van der Waals surface area (Å²) >= 11 is 0. The van der Waals surface area contributed by atoms with Gasteiger partial charge in [0.15, 0.2) is 0 Å². The molecular formula is C14H16O3. The molecular weight excluding hydrogens is 216 g/mol. The third-order valence-electron chi connectivity index (χ3n) is 3.16. The van der Waals surface area contributed by atoms with Crippen molar-refractivity contribution in [1.29, 1.82) is 0 Å². The minimum atomic E-state index is -0.782. The lowest BCUT2D eigenvalue weighted by molar-refractivity contribution is -0.132. The van der Waals surface area contributed by atoms with Gasteiger partial charge in [-0.05, 0) is 49.0 Å². The molecule has 0 radical (unpaired) electrons. The molecule has 0 aromatic heterocycles. The van der Waals surface area contributed by atoms with E-state index in [1.165, 1.54) is 0 Å². The van der Waals surface area contributed by atoms with Crippen molar-refractivity contribution in [2.45, 2.75) is 25.7 Å². The van der Waals surface area contributed by atoms with Gasteiger partial charge in [0.1, 0.15) is 5.75 Å². The molecule has 0 heterocycles. The average Bonchev–Trinajstić information content (AvgIpc) is 2.39. The fourth-order valence-electron chi connectivity index (χ4n) is 2.25. The third-order valence-corrected chi connectivity index (χ3v) is 3.16. The Morgan fingerprint density at radius 2 is 1.82 bits per heavy atom. The van der Waals surface area contributed by atoms with Crippen LogP contribution >= 0.6 is 0 Å². The fourth-order valence-corrected chi connectivity index (χ4v) is 2.25. The maximum absolute atomic E-state index is 11.2. The Hall–Kier alpha value is -1.77. The van der Waals surface area contributed by atoms with Crippen molar-refractivity contribution in [2.75, 3.05) is 7.11 Å². The molecule has 0 spiro atoms. The molecule has 1 aliphatic carbocycles. The zero-order valence-corrected chi connectivity index (χ0v) is 9.90. The van der Waals surface area contributed by atoms with E-state index in [4.69, 9.17) is 4.74 Å². The molecule has 0 atom stereocenters. The summed E-state index contributed by atoms with van der Waals surface area (Å²) in [6.07, 6.45) is 3.57. The number of benzene rings is 1. The van der Waals surface area contributed by atoms with Gasteiger partial charge in [0.2, 0.25) is 0 Å². The van der Waals surface area contributed by atoms with Gasteiger partial charge >= 0.3 is 5.97 Å². The van der Waals surface area contributed by atoms with Gasteiger partial charge in [0, 0.05) is 5.57 Å². The number of carbonyl (C=O) groups is 1. The molecule has 3 heteroatoms. The fraction of sp³-hybridized carbons (Fsp3) is 0.357. The molecule has 1 aromatic rings. The smallest absolute Gasteiger partial charge is 0.331 e. The van der Waals surface area contributed by atoms with Gasteiger partial charge in [-0.25, -0.2) is 4.79 Å². The molecule has 90 valence electrons. The van der Waals surface area contributed by atoms with Crippen LogP contribution in [0.3, 0.4) is 0 Å². The molecule has 0 aliphatic heterocycles. The van der Waals surface area contributed by atoms with Crippen LogP contribution in [0.4, 0.5) is 0 Å². The van der Waals surface area contributed by atoms with Crippen molar-refractivity contribution in [2.24, 2.45) is 0 Å². The van der Waals surface area contributed by atoms with Crippen LogP contribution < -0.4 is 4.74 Å². The van der Waals surface area contributed by atoms with E-state index in [0.717, 1.165) is 36.1 Å². The standard InChI is InChI=1S/C14H16O3/c1-17-11-8-6-10(7-9-11)12-4-2-3-5-13(12)14(15)16/h6-9H,2-5H2,1H3,(H,15,16). The summed E-state index contributed by atoms with van der Waals surface area (Å²) in [6, 6.07) is 7.61. The third kappa shape index (κ3) is 2.49. The summed E-state index contributed by atoms with van der Waals surface area (Å²) in [5, 5.41) is 9.19. The maximum atomic E-state index is 11.2. The van der Waals surface area contributed by atoms with Crippen molar-refractivity contribution >= 4 is 11.5 Å². The van der Waals surface area contributed by atoms with E-state index >= 15 is 0 Å². The maximum Gasteiger partial charge on any atom is 0.331 e. The Balaban J connectivity index is 2.38. The van der Waals surface area contributed by atoms with Crippen molar-refractivity contribution in [3.63, 3.8) is 0 Å². The van der Waals surface area contributed by atoms with E-state index < -0.39 is 5.97 Å². The second-order valence-corrected chi connectivity index (χ2v) is 4.20. The number of hydrogen-bond acceptors (Lipinski definition) is 2. The van der Waals surface area contributed by atoms with E-state index in [9.17, 15) is 9.90 Å². The molecule has 3 nitrogen and oxygen atoms in total. The lowest BCUT2D eigenvalue weighted by Crippen LogP contribution is -2.08. The minimum Gasteiger partial charge on any atom is -0.497 e. The molecule has 0 unspecified atom stereocenters. The van der Waals surface area contributed by atoms with Gasteiger partial charge < -0.3 is 9.84 Å². The summed E-state index contributed by atoms with van der Waals surface area (Å²) in [4.78, 5) is 11.2. The van der Waals surface area contributed by atoms with E-state index in [0.29, 0.717) is 12.0 Å². The van der Waals surface area contributed by atoms with E-state index in [1.807, 2.05) is 24.3 Å². The van der Waals surface area contributed by atoms with Crippen molar-refractivity contribution in [3.05, 3.63) is 35.4 Å². The lowest BCUT2D eigenvalue weighted by atomic mass is 9.87. The van der Waals surface area contributed by atoms with Crippen LogP contribution in [0.5, 0.6) is 5.75 Å². The van der Waals surface area contributed by atoms with Gasteiger partial charge in [-0.3, -0.25) is 0 Å². The average molecular weight is 232 g/mol. The van der Waals surface area contributed by atoms with Crippen LogP contribution in [-0.2, 0) is 4.79 Å². The highest BCUT2D eigenvalue weighted by Crippen LogP contribution is 2.33. The SMILES string of the molecule is COc1ccc(C2=C(C(=O)O)CCCC2)cc1. The lowest BCUT2D eigenvalue weighted by Gasteiger charge is -2.18. The van der Waals surface area contributed by atoms with Crippen LogP contribution in [0.25, 0.3) is 5.57 Å². The zero-order valence-electron chi connectivity index (χ0n) is 9.90. The Bertz CT molecular complexity index is 443. The quantitative estimate of drug-likeness (QED) is 0.871. The van der Waals surface area contributed by atoms with Crippen LogP contribution in [0.15, 0.2) is 29.8 Å². The highest BCUT2D eigenvalue weighted by Gasteiger charge is 2.19. The predicted molar refractivity (Wildman–Crippen MR) is 66.0 cm³/mol. The zero-order chi connectivity index (χ0) is 12.3. The molecule has 2 rings (SSSR count). The highest BCUT2D eigenvalue weighted by atomic mass is 16.5. The summed E-state index contributed by atoms with van der Waals surface area (Å²) < 4.78 is 5.10. The number of carboxylic acid groups (broad SMARTS) is 1. The first-order valence-corrected chi connectivity index (χ1v) is 5.82. The Labute approximate surface area is 101 Å². The number of hydrogen-bond donors (Lipinski definition) is 1. The topological polar surface area (TPSA) is 46.5 Å². The van der Waals surface area contributed by atoms with Crippen LogP contribution in [-0.4, -0.2) is 18.2 Å². The van der Waals surface area contributed by atoms with Gasteiger partial charge in [0.05, 0.1) is 7.11 Å². The molecule has 0 saturated heterocycles. The van der Waals surface area contributed by atoms with Gasteiger partial charge in [0.25, 0.3) is 0 Å². The molecule has 17 heavy (non-hydrogen) atoms. The summed E-state index contributed by atoms with van der Waals surface area (Å²) in [5.74, 6) is 0.0116. The number of ether oxygens (including phenoxy) is 1. The Morgan fingerprint density at radius 3 is 2.41 bits per heavy atom. The first-order valence-electron chi connectivity index (χ1n) is 5.82. The van der Waals surface area contributed by atoms with Crippen molar-refractivity contribution in [1.82, 2.24) is 0 Å². The molecule has 0 saturated carbocycles. The number of rotatable bonds is 3. The normalized spacial score (nSPS) is 15.8. The van der Waals surface area contributed by atoms with E-state index in [2.05, 4.69) is 0 Å². The van der Waals surface area contributed by atoms with Crippen molar-refractivity contribution in [3.8, 4) is 5.75 Å². The number of aliphatic carboxylic acids is 1. The number of allylic oxidation sites excluding steroid dienone is 1. The molecule has 0 fully saturated rings. The Morgan fingerprint density at radius 1 is 1.18 bits per heavy atom. The number of methoxy groups -OCH3 is 1. The molecule has 1 aromatic carbocycles. The summed E-state index contributed by atoms with van der Waals surface area (Å²) in [7, 11) is 1.62. The van der Waals surface area contributed by atoms with Gasteiger partial charge in [-0.1, -0.05) is 12.1 Å². The first kappa shape index (κ1) is 11.7. The van der Waals surface area contributed by atoms with E-state index in [-0.39, 0.29) is 0 Å². The summed E-state index contributed by atoms with van der Waals surface area (Å²) in [5.41, 5.74) is 2.55. The first-order chi connectivity index (χ1) is 8.22. The molecule has 0 bridgehead atoms. The molecule has 0 amide bonds. The largest absolute Gasteiger partial charge is 0.497 e. The highest BCUT2D eigenvalue weighted by molar-refractivity contribution is 5.96. The van der Waals surface area contributed by atoms with Gasteiger partial charge in [-0.2, -0.15) is 0 Å². The Kier molecular flexibility index (Phi) is 3.47. The monoisotopic (exact) mass is 232 g/mol. The van der Waals surface area contributed by atoms with Crippen LogP contribution in [0.1, 0.15) is 31.2 Å². The van der Waals surface area contributed by atoms with E-state index in [1.54, 1.807) is 7.11 Å². The molecule has 1 N–H and O–H groups in total. The summed E-state index contributed by atoms with van der Waals surface area (Å²) in [6.45, 7) is 0. The van der Waals surface area contributed by atoms with Crippen LogP contribution in [0, 0.1) is 0 Å². The second kappa shape index (κ2) is 5.04. The van der Waals surface area contributed by atoms with Gasteiger partial charge in [-0.15, -0.1) is 0 Å². The minimum absolute atomic E-state index is 0.571.